The molecule has 2 rings (SSSR count). The highest BCUT2D eigenvalue weighted by Gasteiger charge is 2.33. The van der Waals surface area contributed by atoms with Crippen molar-refractivity contribution in [1.29, 1.82) is 0 Å². The zero-order chi connectivity index (χ0) is 10.3. The smallest absolute Gasteiger partial charge is 0.368 e. The lowest BCUT2D eigenvalue weighted by Crippen LogP contribution is -2.06. The van der Waals surface area contributed by atoms with Gasteiger partial charge in [-0.25, -0.2) is 4.39 Å². The second-order valence-corrected chi connectivity index (χ2v) is 3.06. The quantitative estimate of drug-likeness (QED) is 0.508. The van der Waals surface area contributed by atoms with Crippen LogP contribution in [-0.4, -0.2) is 6.61 Å². The molecule has 1 aliphatic rings. The zero-order valence-electron chi connectivity index (χ0n) is 6.94. The van der Waals surface area contributed by atoms with Gasteiger partial charge in [-0.15, -0.1) is 0 Å². The first-order valence-corrected chi connectivity index (χ1v) is 3.97. The first-order chi connectivity index (χ1) is 6.48. The molecule has 1 nitrogen and oxygen atoms in total. The van der Waals surface area contributed by atoms with Gasteiger partial charge >= 0.3 is 6.18 Å². The van der Waals surface area contributed by atoms with E-state index in [1.54, 1.807) is 0 Å². The monoisotopic (exact) mass is 206 g/mol. The number of epoxide rings is 1. The van der Waals surface area contributed by atoms with Crippen LogP contribution in [0.1, 0.15) is 17.2 Å². The Morgan fingerprint density at radius 3 is 2.36 bits per heavy atom. The van der Waals surface area contributed by atoms with E-state index in [0.29, 0.717) is 12.7 Å². The van der Waals surface area contributed by atoms with Gasteiger partial charge in [0.15, 0.2) is 0 Å². The molecule has 1 aliphatic heterocycles. The van der Waals surface area contributed by atoms with Crippen molar-refractivity contribution in [2.45, 2.75) is 12.3 Å². The van der Waals surface area contributed by atoms with Gasteiger partial charge in [-0.1, -0.05) is 6.07 Å². The standard InChI is InChI=1S/C9H6F4O/c10-7-3-5(9(11,12)13)1-2-6(7)8-4-14-8/h1-3,8H,4H2/t8-/m1/s1. The molecule has 0 radical (unpaired) electrons. The third kappa shape index (κ3) is 1.72. The molecule has 0 spiro atoms. The molecular weight excluding hydrogens is 200 g/mol. The fourth-order valence-corrected chi connectivity index (χ4v) is 1.19. The van der Waals surface area contributed by atoms with Crippen LogP contribution in [-0.2, 0) is 10.9 Å². The molecule has 5 heteroatoms. The van der Waals surface area contributed by atoms with Crippen LogP contribution in [0.2, 0.25) is 0 Å². The molecule has 1 saturated heterocycles. The van der Waals surface area contributed by atoms with Gasteiger partial charge in [0.2, 0.25) is 0 Å². The average Bonchev–Trinajstić information content (AvgIpc) is 2.85. The maximum atomic E-state index is 13.1. The number of ether oxygens (including phenoxy) is 1. The van der Waals surface area contributed by atoms with E-state index in [1.807, 2.05) is 0 Å². The Bertz CT molecular complexity index is 354. The van der Waals surface area contributed by atoms with E-state index in [-0.39, 0.29) is 11.7 Å². The van der Waals surface area contributed by atoms with Crippen LogP contribution in [0.15, 0.2) is 18.2 Å². The fourth-order valence-electron chi connectivity index (χ4n) is 1.19. The topological polar surface area (TPSA) is 12.5 Å². The number of alkyl halides is 3. The lowest BCUT2D eigenvalue weighted by molar-refractivity contribution is -0.137. The van der Waals surface area contributed by atoms with Gasteiger partial charge in [0.05, 0.1) is 12.2 Å². The van der Waals surface area contributed by atoms with E-state index in [0.717, 1.165) is 12.1 Å². The molecule has 0 bridgehead atoms. The van der Waals surface area contributed by atoms with Crippen molar-refractivity contribution in [3.63, 3.8) is 0 Å². The third-order valence-corrected chi connectivity index (χ3v) is 2.01. The van der Waals surface area contributed by atoms with Gasteiger partial charge in [0.1, 0.15) is 11.9 Å². The summed E-state index contributed by atoms with van der Waals surface area (Å²) in [5.74, 6) is -0.859. The van der Waals surface area contributed by atoms with Crippen molar-refractivity contribution < 1.29 is 22.3 Å². The summed E-state index contributed by atoms with van der Waals surface area (Å²) in [6.07, 6.45) is -4.86. The molecular formula is C9H6F4O. The second kappa shape index (κ2) is 2.95. The van der Waals surface area contributed by atoms with Gasteiger partial charge in [0.25, 0.3) is 0 Å². The van der Waals surface area contributed by atoms with Gasteiger partial charge in [0, 0.05) is 5.56 Å². The summed E-state index contributed by atoms with van der Waals surface area (Å²) in [4.78, 5) is 0. The van der Waals surface area contributed by atoms with Crippen molar-refractivity contribution in [3.05, 3.63) is 35.1 Å². The van der Waals surface area contributed by atoms with E-state index in [1.165, 1.54) is 0 Å². The lowest BCUT2D eigenvalue weighted by atomic mass is 10.1. The molecule has 0 unspecified atom stereocenters. The van der Waals surface area contributed by atoms with Gasteiger partial charge in [-0.3, -0.25) is 0 Å². The van der Waals surface area contributed by atoms with Crippen LogP contribution in [0.5, 0.6) is 0 Å². The summed E-state index contributed by atoms with van der Waals surface area (Å²) in [5.41, 5.74) is -0.780. The first kappa shape index (κ1) is 9.45. The van der Waals surface area contributed by atoms with E-state index in [9.17, 15) is 17.6 Å². The highest BCUT2D eigenvalue weighted by Crippen LogP contribution is 2.35. The molecule has 1 fully saturated rings. The molecule has 0 amide bonds. The van der Waals surface area contributed by atoms with E-state index in [4.69, 9.17) is 4.74 Å². The molecule has 1 atom stereocenters. The lowest BCUT2D eigenvalue weighted by Gasteiger charge is -2.07. The molecule has 0 saturated carbocycles. The third-order valence-electron chi connectivity index (χ3n) is 2.01. The number of benzene rings is 1. The minimum Gasteiger partial charge on any atom is -0.368 e. The minimum absolute atomic E-state index is 0.193. The van der Waals surface area contributed by atoms with Gasteiger partial charge in [-0.05, 0) is 12.1 Å². The van der Waals surface area contributed by atoms with Crippen LogP contribution >= 0.6 is 0 Å². The first-order valence-electron chi connectivity index (χ1n) is 3.97. The SMILES string of the molecule is Fc1cc(C(F)(F)F)ccc1[C@H]1CO1. The summed E-state index contributed by atoms with van der Waals surface area (Å²) in [5, 5.41) is 0. The molecule has 1 aromatic carbocycles. The molecule has 0 N–H and O–H groups in total. The Labute approximate surface area is 77.3 Å². The van der Waals surface area contributed by atoms with E-state index < -0.39 is 17.6 Å². The van der Waals surface area contributed by atoms with Crippen molar-refractivity contribution >= 4 is 0 Å². The number of hydrogen-bond acceptors (Lipinski definition) is 1. The molecule has 1 aromatic rings. The fraction of sp³-hybridized carbons (Fsp3) is 0.333. The predicted molar refractivity (Wildman–Crippen MR) is 40.1 cm³/mol. The van der Waals surface area contributed by atoms with Crippen molar-refractivity contribution in [2.24, 2.45) is 0 Å². The van der Waals surface area contributed by atoms with Crippen LogP contribution in [0.4, 0.5) is 17.6 Å². The Morgan fingerprint density at radius 1 is 1.29 bits per heavy atom. The summed E-state index contributed by atoms with van der Waals surface area (Å²) in [6, 6.07) is 2.48. The number of rotatable bonds is 1. The molecule has 1 heterocycles. The van der Waals surface area contributed by atoms with Crippen LogP contribution in [0.3, 0.4) is 0 Å². The summed E-state index contributed by atoms with van der Waals surface area (Å²) >= 11 is 0. The Hall–Kier alpha value is -1.10. The minimum atomic E-state index is -4.50. The maximum Gasteiger partial charge on any atom is 0.416 e. The highest BCUT2D eigenvalue weighted by molar-refractivity contribution is 5.29. The Morgan fingerprint density at radius 2 is 1.93 bits per heavy atom. The van der Waals surface area contributed by atoms with Crippen molar-refractivity contribution in [3.8, 4) is 0 Å². The van der Waals surface area contributed by atoms with Crippen molar-refractivity contribution in [1.82, 2.24) is 0 Å². The van der Waals surface area contributed by atoms with Gasteiger partial charge < -0.3 is 4.74 Å². The Balaban J connectivity index is 2.35. The van der Waals surface area contributed by atoms with E-state index in [2.05, 4.69) is 0 Å². The predicted octanol–water partition coefficient (Wildman–Crippen LogP) is 2.92. The largest absolute Gasteiger partial charge is 0.416 e. The second-order valence-electron chi connectivity index (χ2n) is 3.06. The molecule has 0 aliphatic carbocycles. The summed E-state index contributed by atoms with van der Waals surface area (Å²) in [6.45, 7) is 0.377. The zero-order valence-corrected chi connectivity index (χ0v) is 6.94. The normalized spacial score (nSPS) is 21.0. The van der Waals surface area contributed by atoms with Crippen molar-refractivity contribution in [2.75, 3.05) is 6.61 Å². The van der Waals surface area contributed by atoms with Crippen LogP contribution < -0.4 is 0 Å². The number of hydrogen-bond donors (Lipinski definition) is 0. The van der Waals surface area contributed by atoms with Gasteiger partial charge in [-0.2, -0.15) is 13.2 Å². The summed E-state index contributed by atoms with van der Waals surface area (Å²) < 4.78 is 54.2. The molecule has 0 aromatic heterocycles. The summed E-state index contributed by atoms with van der Waals surface area (Å²) in [7, 11) is 0. The maximum absolute atomic E-state index is 13.1. The Kier molecular flexibility index (Phi) is 1.99. The van der Waals surface area contributed by atoms with Crippen LogP contribution in [0.25, 0.3) is 0 Å². The molecule has 14 heavy (non-hydrogen) atoms. The van der Waals surface area contributed by atoms with E-state index >= 15 is 0 Å². The number of halogens is 4. The van der Waals surface area contributed by atoms with Crippen LogP contribution in [0, 0.1) is 5.82 Å². The molecule has 76 valence electrons. The average molecular weight is 206 g/mol. The highest BCUT2D eigenvalue weighted by atomic mass is 19.4.